The van der Waals surface area contributed by atoms with Crippen LogP contribution in [0.3, 0.4) is 0 Å². The number of nitrogen functional groups attached to an aromatic ring is 1. The van der Waals surface area contributed by atoms with Gasteiger partial charge < -0.3 is 11.5 Å². The molecule has 54 valence electrons. The van der Waals surface area contributed by atoms with E-state index in [0.717, 1.165) is 0 Å². The van der Waals surface area contributed by atoms with E-state index in [-0.39, 0.29) is 12.5 Å². The molecule has 0 spiro atoms. The van der Waals surface area contributed by atoms with Gasteiger partial charge >= 0.3 is 5.69 Å². The van der Waals surface area contributed by atoms with Gasteiger partial charge in [-0.1, -0.05) is 0 Å². The highest BCUT2D eigenvalue weighted by Gasteiger charge is 1.92. The van der Waals surface area contributed by atoms with Gasteiger partial charge in [-0.3, -0.25) is 4.57 Å². The van der Waals surface area contributed by atoms with Crippen LogP contribution in [-0.2, 0) is 6.67 Å². The lowest BCUT2D eigenvalue weighted by molar-refractivity contribution is 0.677. The maximum atomic E-state index is 10.8. The molecule has 0 fully saturated rings. The largest absolute Gasteiger partial charge is 0.383 e. The van der Waals surface area contributed by atoms with Crippen molar-refractivity contribution in [3.63, 3.8) is 0 Å². The number of rotatable bonds is 1. The van der Waals surface area contributed by atoms with Crippen LogP contribution in [0.15, 0.2) is 17.1 Å². The third-order valence-electron chi connectivity index (χ3n) is 1.09. The molecule has 0 unspecified atom stereocenters. The van der Waals surface area contributed by atoms with Crippen molar-refractivity contribution in [2.45, 2.75) is 6.67 Å². The van der Waals surface area contributed by atoms with E-state index in [1.54, 1.807) is 0 Å². The molecular weight excluding hydrogens is 132 g/mol. The van der Waals surface area contributed by atoms with Gasteiger partial charge in [0.15, 0.2) is 0 Å². The molecule has 1 aromatic rings. The zero-order valence-electron chi connectivity index (χ0n) is 5.32. The predicted molar refractivity (Wildman–Crippen MR) is 37.1 cm³/mol. The molecular formula is C5H8N4O. The van der Waals surface area contributed by atoms with Gasteiger partial charge in [-0.2, -0.15) is 4.98 Å². The summed E-state index contributed by atoms with van der Waals surface area (Å²) in [7, 11) is 0. The molecule has 5 heteroatoms. The van der Waals surface area contributed by atoms with Crippen molar-refractivity contribution in [2.24, 2.45) is 5.73 Å². The summed E-state index contributed by atoms with van der Waals surface area (Å²) in [6.07, 6.45) is 1.50. The zero-order chi connectivity index (χ0) is 7.56. The molecule has 0 radical (unpaired) electrons. The first-order chi connectivity index (χ1) is 4.74. The van der Waals surface area contributed by atoms with E-state index in [0.29, 0.717) is 0 Å². The van der Waals surface area contributed by atoms with Crippen LogP contribution in [0.5, 0.6) is 0 Å². The Kier molecular flexibility index (Phi) is 1.68. The second-order valence-electron chi connectivity index (χ2n) is 1.79. The van der Waals surface area contributed by atoms with Crippen LogP contribution >= 0.6 is 0 Å². The molecule has 0 saturated heterocycles. The maximum Gasteiger partial charge on any atom is 0.350 e. The van der Waals surface area contributed by atoms with Crippen LogP contribution in [0.1, 0.15) is 0 Å². The molecule has 0 bridgehead atoms. The van der Waals surface area contributed by atoms with Crippen molar-refractivity contribution in [3.8, 4) is 0 Å². The SMILES string of the molecule is NCn1ccc(N)nc1=O. The Balaban J connectivity index is 3.20. The molecule has 0 aromatic carbocycles. The summed E-state index contributed by atoms with van der Waals surface area (Å²) >= 11 is 0. The number of hydrogen-bond acceptors (Lipinski definition) is 4. The van der Waals surface area contributed by atoms with E-state index in [1.165, 1.54) is 16.8 Å². The normalized spacial score (nSPS) is 9.70. The topological polar surface area (TPSA) is 86.9 Å². The summed E-state index contributed by atoms with van der Waals surface area (Å²) in [5, 5.41) is 0. The standard InChI is InChI=1S/C5H8N4O/c6-3-9-2-1-4(7)8-5(9)10/h1-2H,3,6H2,(H2,7,8,10). The average molecular weight is 140 g/mol. The minimum atomic E-state index is -0.414. The minimum absolute atomic E-state index is 0.131. The summed E-state index contributed by atoms with van der Waals surface area (Å²) in [4.78, 5) is 14.2. The molecule has 1 heterocycles. The second-order valence-corrected chi connectivity index (χ2v) is 1.79. The second kappa shape index (κ2) is 2.49. The Morgan fingerprint density at radius 2 is 2.40 bits per heavy atom. The summed E-state index contributed by atoms with van der Waals surface area (Å²) < 4.78 is 1.26. The Bertz CT molecular complexity index is 279. The Hall–Kier alpha value is -1.36. The highest BCUT2D eigenvalue weighted by atomic mass is 16.1. The van der Waals surface area contributed by atoms with Crippen LogP contribution in [0.2, 0.25) is 0 Å². The molecule has 0 aliphatic rings. The van der Waals surface area contributed by atoms with E-state index < -0.39 is 5.69 Å². The van der Waals surface area contributed by atoms with Gasteiger partial charge in [-0.25, -0.2) is 4.79 Å². The first-order valence-corrected chi connectivity index (χ1v) is 2.77. The van der Waals surface area contributed by atoms with Crippen molar-refractivity contribution in [1.82, 2.24) is 9.55 Å². The van der Waals surface area contributed by atoms with Gasteiger partial charge in [0.05, 0.1) is 6.67 Å². The number of anilines is 1. The summed E-state index contributed by atoms with van der Waals surface area (Å²) in [5.74, 6) is 0.217. The van der Waals surface area contributed by atoms with Gasteiger partial charge in [0.2, 0.25) is 0 Å². The van der Waals surface area contributed by atoms with Crippen LogP contribution in [0, 0.1) is 0 Å². The Morgan fingerprint density at radius 3 is 2.90 bits per heavy atom. The summed E-state index contributed by atoms with van der Waals surface area (Å²) in [6, 6.07) is 1.52. The van der Waals surface area contributed by atoms with Crippen molar-refractivity contribution in [2.75, 3.05) is 5.73 Å². The quantitative estimate of drug-likeness (QED) is 0.509. The van der Waals surface area contributed by atoms with Gasteiger partial charge in [0, 0.05) is 6.20 Å². The molecule has 1 rings (SSSR count). The van der Waals surface area contributed by atoms with Crippen molar-refractivity contribution >= 4 is 5.82 Å². The van der Waals surface area contributed by atoms with Gasteiger partial charge in [0.25, 0.3) is 0 Å². The van der Waals surface area contributed by atoms with Crippen LogP contribution in [-0.4, -0.2) is 9.55 Å². The lowest BCUT2D eigenvalue weighted by Gasteiger charge is -1.97. The number of nitrogens with two attached hydrogens (primary N) is 2. The third kappa shape index (κ3) is 1.14. The molecule has 10 heavy (non-hydrogen) atoms. The van der Waals surface area contributed by atoms with Gasteiger partial charge in [0.1, 0.15) is 5.82 Å². The van der Waals surface area contributed by atoms with Crippen molar-refractivity contribution < 1.29 is 0 Å². The third-order valence-corrected chi connectivity index (χ3v) is 1.09. The first kappa shape index (κ1) is 6.76. The maximum absolute atomic E-state index is 10.8. The molecule has 0 saturated carbocycles. The highest BCUT2D eigenvalue weighted by Crippen LogP contribution is 1.86. The molecule has 0 aliphatic carbocycles. The highest BCUT2D eigenvalue weighted by molar-refractivity contribution is 5.23. The lowest BCUT2D eigenvalue weighted by Crippen LogP contribution is -2.26. The van der Waals surface area contributed by atoms with E-state index in [2.05, 4.69) is 4.98 Å². The van der Waals surface area contributed by atoms with E-state index in [4.69, 9.17) is 11.5 Å². The molecule has 0 aliphatic heterocycles. The average Bonchev–Trinajstić information content (AvgIpc) is 1.88. The van der Waals surface area contributed by atoms with E-state index in [9.17, 15) is 4.79 Å². The fraction of sp³-hybridized carbons (Fsp3) is 0.200. The number of nitrogens with zero attached hydrogens (tertiary/aromatic N) is 2. The first-order valence-electron chi connectivity index (χ1n) is 2.77. The lowest BCUT2D eigenvalue weighted by atomic mass is 10.6. The minimum Gasteiger partial charge on any atom is -0.383 e. The summed E-state index contributed by atoms with van der Waals surface area (Å²) in [5.41, 5.74) is 9.99. The molecule has 4 N–H and O–H groups in total. The smallest absolute Gasteiger partial charge is 0.350 e. The van der Waals surface area contributed by atoms with Crippen LogP contribution < -0.4 is 17.2 Å². The zero-order valence-corrected chi connectivity index (χ0v) is 5.32. The summed E-state index contributed by atoms with van der Waals surface area (Å²) in [6.45, 7) is 0.131. The van der Waals surface area contributed by atoms with Crippen LogP contribution in [0.25, 0.3) is 0 Å². The monoisotopic (exact) mass is 140 g/mol. The van der Waals surface area contributed by atoms with Gasteiger partial charge in [-0.05, 0) is 6.07 Å². The predicted octanol–water partition coefficient (Wildman–Crippen LogP) is -1.26. The van der Waals surface area contributed by atoms with Crippen molar-refractivity contribution in [3.05, 3.63) is 22.7 Å². The van der Waals surface area contributed by atoms with Crippen molar-refractivity contribution in [1.29, 1.82) is 0 Å². The van der Waals surface area contributed by atoms with E-state index >= 15 is 0 Å². The Morgan fingerprint density at radius 1 is 1.70 bits per heavy atom. The number of hydrogen-bond donors (Lipinski definition) is 2. The molecule has 5 nitrogen and oxygen atoms in total. The Labute approximate surface area is 57.3 Å². The molecule has 0 amide bonds. The van der Waals surface area contributed by atoms with Gasteiger partial charge in [-0.15, -0.1) is 0 Å². The van der Waals surface area contributed by atoms with E-state index in [1.807, 2.05) is 0 Å². The fourth-order valence-corrected chi connectivity index (χ4v) is 0.581. The number of aromatic nitrogens is 2. The molecule has 1 aromatic heterocycles. The van der Waals surface area contributed by atoms with Crippen LogP contribution in [0.4, 0.5) is 5.82 Å². The molecule has 0 atom stereocenters. The fourth-order valence-electron chi connectivity index (χ4n) is 0.581.